The molecule has 0 aromatic rings. The van der Waals surface area contributed by atoms with Crippen LogP contribution < -0.4 is 5.32 Å². The van der Waals surface area contributed by atoms with Gasteiger partial charge in [0, 0.05) is 12.5 Å². The van der Waals surface area contributed by atoms with Crippen molar-refractivity contribution in [1.29, 1.82) is 0 Å². The number of hydrogen-bond acceptors (Lipinski definition) is 4. The number of halogens is 1. The summed E-state index contributed by atoms with van der Waals surface area (Å²) < 4.78 is 13.2. The zero-order valence-corrected chi connectivity index (χ0v) is 13.4. The van der Waals surface area contributed by atoms with E-state index in [1.54, 1.807) is 0 Å². The van der Waals surface area contributed by atoms with Crippen molar-refractivity contribution < 1.29 is 9.18 Å². The summed E-state index contributed by atoms with van der Waals surface area (Å²) in [7, 11) is 0. The minimum Gasteiger partial charge on any atom is -0.354 e. The summed E-state index contributed by atoms with van der Waals surface area (Å²) >= 11 is 0. The van der Waals surface area contributed by atoms with E-state index in [0.29, 0.717) is 25.1 Å². The summed E-state index contributed by atoms with van der Waals surface area (Å²) in [5.41, 5.74) is 1.26. The van der Waals surface area contributed by atoms with Gasteiger partial charge in [0.05, 0.1) is 24.0 Å². The van der Waals surface area contributed by atoms with Gasteiger partial charge < -0.3 is 5.32 Å². The predicted octanol–water partition coefficient (Wildman–Crippen LogP) is 2.75. The summed E-state index contributed by atoms with van der Waals surface area (Å²) in [6, 6.07) is 0.0990. The van der Waals surface area contributed by atoms with E-state index in [1.807, 2.05) is 18.0 Å². The van der Waals surface area contributed by atoms with E-state index in [1.165, 1.54) is 12.2 Å². The molecule has 1 amide bonds. The van der Waals surface area contributed by atoms with Crippen LogP contribution in [0.15, 0.2) is 59.1 Å². The number of aliphatic imine (C=N–C) groups is 1. The number of carbonyl (C=O) groups excluding carboxylic acids is 1. The van der Waals surface area contributed by atoms with Crippen molar-refractivity contribution in [2.75, 3.05) is 6.54 Å². The molecule has 1 aliphatic rings. The van der Waals surface area contributed by atoms with Gasteiger partial charge in [0.15, 0.2) is 0 Å². The standard InChI is InChI=1S/C17H23FN4O/c1-5-7-15-10-17(16(19-4)9-8-14(18)6-2)21-22(15)11-13(3)20-12-23/h5-6,8-9,12-13,15H,1-2,4,7,10-11H2,3H3,(H,20,23)/b14-8-,16-9+. The van der Waals surface area contributed by atoms with E-state index in [4.69, 9.17) is 0 Å². The zero-order chi connectivity index (χ0) is 17.2. The van der Waals surface area contributed by atoms with Crippen LogP contribution in [0.1, 0.15) is 19.8 Å². The Balaban J connectivity index is 2.96. The Bertz CT molecular complexity index is 551. The first-order valence-electron chi connectivity index (χ1n) is 7.37. The molecule has 23 heavy (non-hydrogen) atoms. The molecule has 2 unspecified atom stereocenters. The molecular weight excluding hydrogens is 295 g/mol. The number of nitrogens with one attached hydrogen (secondary N) is 1. The van der Waals surface area contributed by atoms with Gasteiger partial charge in [-0.05, 0) is 38.3 Å². The molecule has 1 heterocycles. The second kappa shape index (κ2) is 9.50. The van der Waals surface area contributed by atoms with Gasteiger partial charge >= 0.3 is 0 Å². The van der Waals surface area contributed by atoms with Gasteiger partial charge in [0.25, 0.3) is 0 Å². The molecule has 0 aromatic heterocycles. The van der Waals surface area contributed by atoms with Crippen LogP contribution >= 0.6 is 0 Å². The van der Waals surface area contributed by atoms with Crippen molar-refractivity contribution in [3.63, 3.8) is 0 Å². The summed E-state index contributed by atoms with van der Waals surface area (Å²) in [6.07, 6.45) is 7.85. The van der Waals surface area contributed by atoms with Gasteiger partial charge in [-0.1, -0.05) is 12.7 Å². The minimum atomic E-state index is -0.451. The normalized spacial score (nSPS) is 19.8. The van der Waals surface area contributed by atoms with Crippen LogP contribution in [0.2, 0.25) is 0 Å². The number of amides is 1. The van der Waals surface area contributed by atoms with Gasteiger partial charge in [-0.25, -0.2) is 4.39 Å². The highest BCUT2D eigenvalue weighted by molar-refractivity contribution is 6.01. The van der Waals surface area contributed by atoms with Gasteiger partial charge in [0.2, 0.25) is 6.41 Å². The molecular formula is C17H23FN4O. The summed E-state index contributed by atoms with van der Waals surface area (Å²) in [4.78, 5) is 14.5. The zero-order valence-electron chi connectivity index (χ0n) is 13.4. The molecule has 1 rings (SSSR count). The maximum Gasteiger partial charge on any atom is 0.207 e. The Hall–Kier alpha value is -2.50. The summed E-state index contributed by atoms with van der Waals surface area (Å²) in [5.74, 6) is -0.451. The lowest BCUT2D eigenvalue weighted by molar-refractivity contribution is -0.110. The predicted molar refractivity (Wildman–Crippen MR) is 93.0 cm³/mol. The number of hydrogen-bond donors (Lipinski definition) is 1. The Morgan fingerprint density at radius 1 is 1.57 bits per heavy atom. The van der Waals surface area contributed by atoms with Crippen molar-refractivity contribution in [3.8, 4) is 0 Å². The number of nitrogens with zero attached hydrogens (tertiary/aromatic N) is 3. The van der Waals surface area contributed by atoms with E-state index < -0.39 is 5.83 Å². The van der Waals surface area contributed by atoms with Crippen LogP contribution in [0, 0.1) is 0 Å². The molecule has 5 nitrogen and oxygen atoms in total. The van der Waals surface area contributed by atoms with Crippen LogP contribution in [0.3, 0.4) is 0 Å². The highest BCUT2D eigenvalue weighted by atomic mass is 19.1. The monoisotopic (exact) mass is 318 g/mol. The molecule has 2 atom stereocenters. The van der Waals surface area contributed by atoms with Crippen LogP contribution in [0.4, 0.5) is 4.39 Å². The molecule has 1 aliphatic heterocycles. The lowest BCUT2D eigenvalue weighted by Gasteiger charge is -2.25. The fourth-order valence-corrected chi connectivity index (χ4v) is 2.27. The third-order valence-electron chi connectivity index (χ3n) is 3.41. The number of carbonyl (C=O) groups is 1. The molecule has 124 valence electrons. The average Bonchev–Trinajstić information content (AvgIpc) is 2.91. The number of allylic oxidation sites excluding steroid dienone is 5. The highest BCUT2D eigenvalue weighted by Crippen LogP contribution is 2.23. The summed E-state index contributed by atoms with van der Waals surface area (Å²) in [5, 5.41) is 9.16. The van der Waals surface area contributed by atoms with Gasteiger partial charge in [-0.15, -0.1) is 6.58 Å². The molecule has 0 spiro atoms. The molecule has 1 N–H and O–H groups in total. The van der Waals surface area contributed by atoms with E-state index in [0.717, 1.165) is 18.2 Å². The largest absolute Gasteiger partial charge is 0.354 e. The van der Waals surface area contributed by atoms with Gasteiger partial charge in [-0.3, -0.25) is 14.8 Å². The van der Waals surface area contributed by atoms with Crippen molar-refractivity contribution in [1.82, 2.24) is 10.3 Å². The van der Waals surface area contributed by atoms with Gasteiger partial charge in [0.1, 0.15) is 5.83 Å². The molecule has 6 heteroatoms. The molecule has 0 saturated heterocycles. The Morgan fingerprint density at radius 3 is 2.87 bits per heavy atom. The lowest BCUT2D eigenvalue weighted by atomic mass is 10.1. The van der Waals surface area contributed by atoms with Crippen molar-refractivity contribution in [2.45, 2.75) is 31.8 Å². The van der Waals surface area contributed by atoms with E-state index in [9.17, 15) is 9.18 Å². The molecule has 0 aliphatic carbocycles. The second-order valence-corrected chi connectivity index (χ2v) is 5.20. The van der Waals surface area contributed by atoms with E-state index >= 15 is 0 Å². The molecule has 0 saturated carbocycles. The quantitative estimate of drug-likeness (QED) is 0.291. The Labute approximate surface area is 136 Å². The van der Waals surface area contributed by atoms with Crippen LogP contribution in [0.25, 0.3) is 0 Å². The number of hydrazone groups is 1. The second-order valence-electron chi connectivity index (χ2n) is 5.20. The first-order chi connectivity index (χ1) is 11.0. The van der Waals surface area contributed by atoms with Crippen LogP contribution in [-0.4, -0.2) is 42.5 Å². The average molecular weight is 318 g/mol. The maximum atomic E-state index is 13.2. The molecule has 0 fully saturated rings. The topological polar surface area (TPSA) is 57.1 Å². The third-order valence-corrected chi connectivity index (χ3v) is 3.41. The molecule has 0 aromatic carbocycles. The van der Waals surface area contributed by atoms with Crippen molar-refractivity contribution in [3.05, 3.63) is 49.0 Å². The fourth-order valence-electron chi connectivity index (χ4n) is 2.27. The molecule has 0 radical (unpaired) electrons. The van der Waals surface area contributed by atoms with Crippen molar-refractivity contribution in [2.24, 2.45) is 10.1 Å². The lowest BCUT2D eigenvalue weighted by Crippen LogP contribution is -2.39. The SMILES string of the molecule is C=CCC1CC(/C(=C\C=C(/F)C=C)N=C)=NN1CC(C)NC=O. The van der Waals surface area contributed by atoms with Crippen LogP contribution in [0.5, 0.6) is 0 Å². The van der Waals surface area contributed by atoms with Crippen molar-refractivity contribution >= 4 is 18.8 Å². The van der Waals surface area contributed by atoms with Crippen LogP contribution in [-0.2, 0) is 4.79 Å². The smallest absolute Gasteiger partial charge is 0.207 e. The first kappa shape index (κ1) is 18.5. The third kappa shape index (κ3) is 5.65. The molecule has 0 bridgehead atoms. The summed E-state index contributed by atoms with van der Waals surface area (Å²) in [6.45, 7) is 13.1. The number of rotatable bonds is 10. The maximum absolute atomic E-state index is 13.2. The first-order valence-corrected chi connectivity index (χ1v) is 7.37. The highest BCUT2D eigenvalue weighted by Gasteiger charge is 2.28. The van der Waals surface area contributed by atoms with E-state index in [2.05, 4.69) is 35.3 Å². The fraction of sp³-hybridized carbons (Fsp3) is 0.353. The Morgan fingerprint density at radius 2 is 2.30 bits per heavy atom. The van der Waals surface area contributed by atoms with Gasteiger partial charge in [-0.2, -0.15) is 5.10 Å². The van der Waals surface area contributed by atoms with E-state index in [-0.39, 0.29) is 12.1 Å². The minimum absolute atomic E-state index is 0.0369. The Kier molecular flexibility index (Phi) is 7.66.